The Kier molecular flexibility index (Phi) is 5.32. The quantitative estimate of drug-likeness (QED) is 0.709. The second kappa shape index (κ2) is 7.66. The number of amides is 1. The first kappa shape index (κ1) is 18.1. The van der Waals surface area contributed by atoms with Crippen molar-refractivity contribution in [1.29, 1.82) is 0 Å². The molecule has 0 fully saturated rings. The van der Waals surface area contributed by atoms with Gasteiger partial charge in [-0.3, -0.25) is 9.59 Å². The predicted molar refractivity (Wildman–Crippen MR) is 105 cm³/mol. The van der Waals surface area contributed by atoms with Crippen molar-refractivity contribution in [3.63, 3.8) is 0 Å². The molecule has 0 aliphatic carbocycles. The molecule has 3 aromatic rings. The number of aromatic nitrogens is 2. The number of carbonyl (C=O) groups is 1. The van der Waals surface area contributed by atoms with E-state index in [4.69, 9.17) is 0 Å². The van der Waals surface area contributed by atoms with Crippen LogP contribution in [-0.2, 0) is 0 Å². The number of halogens is 1. The van der Waals surface area contributed by atoms with E-state index in [9.17, 15) is 9.59 Å². The smallest absolute Gasteiger partial charge is 0.276 e. The molecule has 0 aliphatic rings. The fourth-order valence-corrected chi connectivity index (χ4v) is 3.33. The van der Waals surface area contributed by atoms with E-state index >= 15 is 0 Å². The van der Waals surface area contributed by atoms with Crippen molar-refractivity contribution < 1.29 is 4.79 Å². The van der Waals surface area contributed by atoms with Gasteiger partial charge >= 0.3 is 0 Å². The molecule has 0 spiro atoms. The van der Waals surface area contributed by atoms with Crippen LogP contribution in [0.15, 0.2) is 69.9 Å². The Morgan fingerprint density at radius 1 is 1.12 bits per heavy atom. The lowest BCUT2D eigenvalue weighted by molar-refractivity contribution is 0.0931. The number of aryl methyl sites for hydroxylation is 1. The second-order valence-corrected chi connectivity index (χ2v) is 6.82. The van der Waals surface area contributed by atoms with Gasteiger partial charge in [0.05, 0.1) is 11.7 Å². The molecule has 26 heavy (non-hydrogen) atoms. The third-order valence-electron chi connectivity index (χ3n) is 4.04. The molecule has 1 atom stereocenters. The molecule has 132 valence electrons. The highest BCUT2D eigenvalue weighted by Crippen LogP contribution is 2.22. The van der Waals surface area contributed by atoms with Crippen LogP contribution in [0.5, 0.6) is 0 Å². The first-order chi connectivity index (χ1) is 12.5. The summed E-state index contributed by atoms with van der Waals surface area (Å²) in [5.74, 6) is -0.497. The van der Waals surface area contributed by atoms with Crippen LogP contribution in [0.3, 0.4) is 0 Å². The SMILES string of the molecule is Cc1cc(=O)c(C(=O)NC(C)c2ccccc2Br)nn1-c1ccccc1. The van der Waals surface area contributed by atoms with Gasteiger partial charge in [0.1, 0.15) is 0 Å². The van der Waals surface area contributed by atoms with Crippen molar-refractivity contribution in [1.82, 2.24) is 15.1 Å². The molecule has 0 saturated heterocycles. The lowest BCUT2D eigenvalue weighted by atomic mass is 10.1. The normalized spacial score (nSPS) is 11.8. The van der Waals surface area contributed by atoms with E-state index in [0.29, 0.717) is 5.69 Å². The monoisotopic (exact) mass is 411 g/mol. The minimum absolute atomic E-state index is 0.127. The number of benzene rings is 2. The van der Waals surface area contributed by atoms with Gasteiger partial charge in [-0.05, 0) is 37.6 Å². The summed E-state index contributed by atoms with van der Waals surface area (Å²) in [5, 5.41) is 7.14. The molecule has 0 bridgehead atoms. The second-order valence-electron chi connectivity index (χ2n) is 5.96. The van der Waals surface area contributed by atoms with Crippen molar-refractivity contribution in [3.8, 4) is 5.69 Å². The average molecular weight is 412 g/mol. The van der Waals surface area contributed by atoms with Crippen LogP contribution in [-0.4, -0.2) is 15.7 Å². The number of hydrogen-bond donors (Lipinski definition) is 1. The Morgan fingerprint density at radius 2 is 1.77 bits per heavy atom. The molecular formula is C20H18BrN3O2. The molecule has 2 aromatic carbocycles. The van der Waals surface area contributed by atoms with E-state index in [1.165, 1.54) is 6.07 Å². The number of nitrogens with one attached hydrogen (secondary N) is 1. The van der Waals surface area contributed by atoms with E-state index in [1.807, 2.05) is 61.5 Å². The Labute approximate surface area is 159 Å². The maximum atomic E-state index is 12.7. The van der Waals surface area contributed by atoms with Gasteiger partial charge in [-0.25, -0.2) is 4.68 Å². The van der Waals surface area contributed by atoms with E-state index in [2.05, 4.69) is 26.3 Å². The fourth-order valence-electron chi connectivity index (χ4n) is 2.70. The molecule has 1 unspecified atom stereocenters. The van der Waals surface area contributed by atoms with E-state index in [1.54, 1.807) is 11.6 Å². The van der Waals surface area contributed by atoms with Gasteiger partial charge in [0.25, 0.3) is 5.91 Å². The van der Waals surface area contributed by atoms with Crippen LogP contribution in [0.2, 0.25) is 0 Å². The van der Waals surface area contributed by atoms with E-state index < -0.39 is 11.3 Å². The molecule has 1 aromatic heterocycles. The van der Waals surface area contributed by atoms with Crippen LogP contribution in [0, 0.1) is 6.92 Å². The summed E-state index contributed by atoms with van der Waals surface area (Å²) in [5.41, 5.74) is 1.86. The van der Waals surface area contributed by atoms with Crippen LogP contribution in [0.25, 0.3) is 5.69 Å². The Balaban J connectivity index is 1.92. The standard InChI is InChI=1S/C20H18BrN3O2/c1-13-12-18(25)19(23-24(13)15-8-4-3-5-9-15)20(26)22-14(2)16-10-6-7-11-17(16)21/h3-12,14H,1-2H3,(H,22,26). The highest BCUT2D eigenvalue weighted by Gasteiger charge is 2.18. The van der Waals surface area contributed by atoms with Crippen LogP contribution >= 0.6 is 15.9 Å². The minimum atomic E-state index is -0.497. The zero-order valence-corrected chi connectivity index (χ0v) is 16.0. The van der Waals surface area contributed by atoms with Crippen molar-refractivity contribution in [2.24, 2.45) is 0 Å². The van der Waals surface area contributed by atoms with Gasteiger partial charge in [-0.15, -0.1) is 0 Å². The van der Waals surface area contributed by atoms with Crippen molar-refractivity contribution >= 4 is 21.8 Å². The molecule has 0 aliphatic heterocycles. The number of para-hydroxylation sites is 1. The fraction of sp³-hybridized carbons (Fsp3) is 0.150. The molecule has 3 rings (SSSR count). The maximum absolute atomic E-state index is 12.7. The number of hydrogen-bond acceptors (Lipinski definition) is 3. The minimum Gasteiger partial charge on any atom is -0.344 e. The largest absolute Gasteiger partial charge is 0.344 e. The van der Waals surface area contributed by atoms with Gasteiger partial charge < -0.3 is 5.32 Å². The van der Waals surface area contributed by atoms with Crippen LogP contribution < -0.4 is 10.7 Å². The Hall–Kier alpha value is -2.73. The predicted octanol–water partition coefficient (Wildman–Crippen LogP) is 3.79. The zero-order chi connectivity index (χ0) is 18.7. The van der Waals surface area contributed by atoms with Crippen molar-refractivity contribution in [3.05, 3.63) is 92.3 Å². The van der Waals surface area contributed by atoms with Gasteiger partial charge in [0.2, 0.25) is 5.43 Å². The Bertz CT molecular complexity index is 999. The maximum Gasteiger partial charge on any atom is 0.276 e. The zero-order valence-electron chi connectivity index (χ0n) is 14.4. The van der Waals surface area contributed by atoms with E-state index in [-0.39, 0.29) is 11.7 Å². The lowest BCUT2D eigenvalue weighted by Gasteiger charge is -2.16. The first-order valence-corrected chi connectivity index (χ1v) is 8.98. The molecule has 1 heterocycles. The third kappa shape index (κ3) is 3.75. The summed E-state index contributed by atoms with van der Waals surface area (Å²) in [4.78, 5) is 25.0. The van der Waals surface area contributed by atoms with Crippen LogP contribution in [0.4, 0.5) is 0 Å². The summed E-state index contributed by atoms with van der Waals surface area (Å²) in [7, 11) is 0. The number of rotatable bonds is 4. The molecule has 0 radical (unpaired) electrons. The van der Waals surface area contributed by atoms with Crippen LogP contribution in [0.1, 0.15) is 34.7 Å². The number of carbonyl (C=O) groups excluding carboxylic acids is 1. The summed E-state index contributed by atoms with van der Waals surface area (Å²) in [6, 6.07) is 18.2. The third-order valence-corrected chi connectivity index (χ3v) is 4.76. The number of nitrogens with zero attached hydrogens (tertiary/aromatic N) is 2. The van der Waals surface area contributed by atoms with E-state index in [0.717, 1.165) is 15.7 Å². The van der Waals surface area contributed by atoms with Gasteiger partial charge in [0, 0.05) is 16.2 Å². The Morgan fingerprint density at radius 3 is 2.46 bits per heavy atom. The van der Waals surface area contributed by atoms with Crippen molar-refractivity contribution in [2.45, 2.75) is 19.9 Å². The molecular weight excluding hydrogens is 394 g/mol. The molecule has 5 nitrogen and oxygen atoms in total. The highest BCUT2D eigenvalue weighted by molar-refractivity contribution is 9.10. The molecule has 6 heteroatoms. The van der Waals surface area contributed by atoms with Gasteiger partial charge in [-0.1, -0.05) is 52.3 Å². The summed E-state index contributed by atoms with van der Waals surface area (Å²) in [6.07, 6.45) is 0. The van der Waals surface area contributed by atoms with Gasteiger partial charge in [-0.2, -0.15) is 5.10 Å². The molecule has 1 N–H and O–H groups in total. The summed E-state index contributed by atoms with van der Waals surface area (Å²) in [6.45, 7) is 3.65. The average Bonchev–Trinajstić information content (AvgIpc) is 2.62. The lowest BCUT2D eigenvalue weighted by Crippen LogP contribution is -2.33. The summed E-state index contributed by atoms with van der Waals surface area (Å²) < 4.78 is 2.49. The molecule has 1 amide bonds. The molecule has 0 saturated carbocycles. The van der Waals surface area contributed by atoms with Crippen molar-refractivity contribution in [2.75, 3.05) is 0 Å². The summed E-state index contributed by atoms with van der Waals surface area (Å²) >= 11 is 3.48. The first-order valence-electron chi connectivity index (χ1n) is 8.19. The topological polar surface area (TPSA) is 64.0 Å². The van der Waals surface area contributed by atoms with Gasteiger partial charge in [0.15, 0.2) is 5.69 Å². The highest BCUT2D eigenvalue weighted by atomic mass is 79.9.